The van der Waals surface area contributed by atoms with Crippen molar-refractivity contribution in [2.75, 3.05) is 0 Å². The summed E-state index contributed by atoms with van der Waals surface area (Å²) in [5.41, 5.74) is 0.398. The Bertz CT molecular complexity index is 869. The number of ether oxygens (including phenoxy) is 2. The van der Waals surface area contributed by atoms with Crippen LogP contribution in [0.2, 0.25) is 0 Å². The van der Waals surface area contributed by atoms with Crippen molar-refractivity contribution in [1.82, 2.24) is 21.3 Å². The highest BCUT2D eigenvalue weighted by Gasteiger charge is 2.30. The number of nitrogens with one attached hydrogen (secondary N) is 4. The van der Waals surface area contributed by atoms with Gasteiger partial charge in [-0.2, -0.15) is 0 Å². The second kappa shape index (κ2) is 14.0. The molecule has 0 aliphatic carbocycles. The molecule has 0 saturated carbocycles. The van der Waals surface area contributed by atoms with E-state index in [0.717, 1.165) is 11.1 Å². The minimum absolute atomic E-state index is 0.139. The number of benzene rings is 1. The number of hydrogen-bond acceptors (Lipinski definition) is 6. The van der Waals surface area contributed by atoms with Crippen LogP contribution >= 0.6 is 0 Å². The Balaban J connectivity index is 2.58. The Morgan fingerprint density at radius 2 is 0.921 bits per heavy atom. The van der Waals surface area contributed by atoms with E-state index in [0.29, 0.717) is 0 Å². The van der Waals surface area contributed by atoms with Crippen LogP contribution in [0.25, 0.3) is 0 Å². The molecule has 10 nitrogen and oxygen atoms in total. The summed E-state index contributed by atoms with van der Waals surface area (Å²) in [5, 5.41) is 10.9. The van der Waals surface area contributed by atoms with Crippen LogP contribution in [0.4, 0.5) is 9.59 Å². The Labute approximate surface area is 227 Å². The number of esters is 2. The molecule has 0 aliphatic rings. The third kappa shape index (κ3) is 12.8. The van der Waals surface area contributed by atoms with Gasteiger partial charge in [0.2, 0.25) is 0 Å². The molecule has 0 aromatic heterocycles. The van der Waals surface area contributed by atoms with Crippen LogP contribution in [0, 0.1) is 11.8 Å². The van der Waals surface area contributed by atoms with Crippen molar-refractivity contribution in [1.29, 1.82) is 0 Å². The summed E-state index contributed by atoms with van der Waals surface area (Å²) in [6.07, 6.45) is 0. The van der Waals surface area contributed by atoms with Crippen LogP contribution in [0.5, 0.6) is 0 Å². The molecule has 2 atom stereocenters. The van der Waals surface area contributed by atoms with Crippen molar-refractivity contribution in [2.45, 2.75) is 106 Å². The first-order valence-corrected chi connectivity index (χ1v) is 13.0. The molecule has 0 heterocycles. The predicted molar refractivity (Wildman–Crippen MR) is 146 cm³/mol. The maximum atomic E-state index is 12.4. The van der Waals surface area contributed by atoms with Crippen LogP contribution in [-0.4, -0.2) is 47.3 Å². The zero-order valence-electron chi connectivity index (χ0n) is 24.5. The molecule has 0 saturated heterocycles. The summed E-state index contributed by atoms with van der Waals surface area (Å²) in [5.74, 6) is -1.23. The van der Waals surface area contributed by atoms with Crippen LogP contribution in [0.1, 0.15) is 80.4 Å². The number of carbonyl (C=O) groups excluding carboxylic acids is 4. The second-order valence-corrected chi connectivity index (χ2v) is 12.0. The maximum absolute atomic E-state index is 12.4. The molecular formula is C28H46N4O6. The second-order valence-electron chi connectivity index (χ2n) is 12.0. The van der Waals surface area contributed by atoms with Crippen molar-refractivity contribution < 1.29 is 28.7 Å². The van der Waals surface area contributed by atoms with E-state index in [-0.39, 0.29) is 24.9 Å². The number of urea groups is 2. The van der Waals surface area contributed by atoms with E-state index in [4.69, 9.17) is 9.47 Å². The molecule has 1 aromatic carbocycles. The lowest BCUT2D eigenvalue weighted by atomic mass is 10.0. The number of hydrogen-bond donors (Lipinski definition) is 4. The maximum Gasteiger partial charge on any atom is 0.329 e. The highest BCUT2D eigenvalue weighted by Crippen LogP contribution is 2.14. The number of rotatable bonds is 10. The standard InChI is InChI=1S/C28H46N4O6/c1-17(2)21(23(33)37-27(5,6)7)31-25(35)29-15-19-11-13-20(14-12-19)16-30-26(36)32-22(18(3)4)24(34)38-28(8,9)10/h11-14,17-18,21-22H,15-16H2,1-10H3,(H2,29,31,35)(H2,30,32,36)/t21-,22-/m0/s1. The first-order chi connectivity index (χ1) is 17.4. The molecule has 4 N–H and O–H groups in total. The molecule has 0 radical (unpaired) electrons. The smallest absolute Gasteiger partial charge is 0.329 e. The van der Waals surface area contributed by atoms with Crippen molar-refractivity contribution >= 4 is 24.0 Å². The van der Waals surface area contributed by atoms with Crippen molar-refractivity contribution in [3.63, 3.8) is 0 Å². The summed E-state index contributed by atoms with van der Waals surface area (Å²) in [4.78, 5) is 49.6. The molecule has 1 aromatic rings. The molecule has 214 valence electrons. The fourth-order valence-corrected chi connectivity index (χ4v) is 3.25. The lowest BCUT2D eigenvalue weighted by Gasteiger charge is -2.26. The van der Waals surface area contributed by atoms with Gasteiger partial charge in [-0.05, 0) is 64.5 Å². The minimum Gasteiger partial charge on any atom is -0.458 e. The van der Waals surface area contributed by atoms with Gasteiger partial charge in [0.25, 0.3) is 0 Å². The Hall–Kier alpha value is -3.30. The number of amides is 4. The third-order valence-corrected chi connectivity index (χ3v) is 5.16. The normalized spacial score (nSPS) is 13.4. The van der Waals surface area contributed by atoms with E-state index in [1.807, 2.05) is 52.0 Å². The fraction of sp³-hybridized carbons (Fsp3) is 0.643. The van der Waals surface area contributed by atoms with Crippen LogP contribution in [-0.2, 0) is 32.2 Å². The van der Waals surface area contributed by atoms with Gasteiger partial charge in [-0.3, -0.25) is 0 Å². The van der Waals surface area contributed by atoms with Gasteiger partial charge >= 0.3 is 24.0 Å². The molecule has 0 fully saturated rings. The Morgan fingerprint density at radius 3 is 1.16 bits per heavy atom. The average molecular weight is 535 g/mol. The molecule has 0 spiro atoms. The first kappa shape index (κ1) is 32.7. The number of carbonyl (C=O) groups is 4. The highest BCUT2D eigenvalue weighted by atomic mass is 16.6. The molecule has 0 unspecified atom stereocenters. The third-order valence-electron chi connectivity index (χ3n) is 5.16. The topological polar surface area (TPSA) is 135 Å². The molecule has 0 aliphatic heterocycles. The SMILES string of the molecule is CC(C)[C@H](NC(=O)NCc1ccc(CNC(=O)N[C@H](C(=O)OC(C)(C)C)C(C)C)cc1)C(=O)OC(C)(C)C. The molecule has 38 heavy (non-hydrogen) atoms. The summed E-state index contributed by atoms with van der Waals surface area (Å²) in [6.45, 7) is 18.5. The quantitative estimate of drug-likeness (QED) is 0.335. The zero-order chi connectivity index (χ0) is 29.3. The summed E-state index contributed by atoms with van der Waals surface area (Å²) in [6, 6.07) is 4.87. The van der Waals surface area contributed by atoms with Gasteiger partial charge in [0, 0.05) is 13.1 Å². The first-order valence-electron chi connectivity index (χ1n) is 13.0. The van der Waals surface area contributed by atoms with Crippen LogP contribution in [0.15, 0.2) is 24.3 Å². The minimum atomic E-state index is -0.764. The van der Waals surface area contributed by atoms with Crippen molar-refractivity contribution in [2.24, 2.45) is 11.8 Å². The van der Waals surface area contributed by atoms with E-state index < -0.39 is 47.3 Å². The van der Waals surface area contributed by atoms with Gasteiger partial charge in [-0.1, -0.05) is 52.0 Å². The molecule has 4 amide bonds. The van der Waals surface area contributed by atoms with Gasteiger partial charge < -0.3 is 30.7 Å². The van der Waals surface area contributed by atoms with Gasteiger partial charge in [0.1, 0.15) is 23.3 Å². The van der Waals surface area contributed by atoms with E-state index in [1.165, 1.54) is 0 Å². The molecule has 1 rings (SSSR count). The lowest BCUT2D eigenvalue weighted by molar-refractivity contribution is -0.159. The van der Waals surface area contributed by atoms with Gasteiger partial charge in [-0.25, -0.2) is 19.2 Å². The van der Waals surface area contributed by atoms with E-state index in [1.54, 1.807) is 41.5 Å². The molecule has 10 heteroatoms. The van der Waals surface area contributed by atoms with Crippen molar-refractivity contribution in [3.05, 3.63) is 35.4 Å². The largest absolute Gasteiger partial charge is 0.458 e. The lowest BCUT2D eigenvalue weighted by Crippen LogP contribution is -2.50. The Kier molecular flexibility index (Phi) is 12.1. The van der Waals surface area contributed by atoms with E-state index >= 15 is 0 Å². The summed E-state index contributed by atoms with van der Waals surface area (Å²) in [7, 11) is 0. The average Bonchev–Trinajstić information content (AvgIpc) is 2.76. The summed E-state index contributed by atoms with van der Waals surface area (Å²) >= 11 is 0. The van der Waals surface area contributed by atoms with Gasteiger partial charge in [0.05, 0.1) is 0 Å². The van der Waals surface area contributed by atoms with Crippen LogP contribution in [0.3, 0.4) is 0 Å². The van der Waals surface area contributed by atoms with Crippen molar-refractivity contribution in [3.8, 4) is 0 Å². The highest BCUT2D eigenvalue weighted by molar-refractivity contribution is 5.84. The summed E-state index contributed by atoms with van der Waals surface area (Å²) < 4.78 is 10.8. The predicted octanol–water partition coefficient (Wildman–Crippen LogP) is 4.02. The van der Waals surface area contributed by atoms with Crippen LogP contribution < -0.4 is 21.3 Å². The van der Waals surface area contributed by atoms with Gasteiger partial charge in [0.15, 0.2) is 0 Å². The van der Waals surface area contributed by atoms with E-state index in [9.17, 15) is 19.2 Å². The monoisotopic (exact) mass is 534 g/mol. The molecular weight excluding hydrogens is 488 g/mol. The zero-order valence-corrected chi connectivity index (χ0v) is 24.5. The van der Waals surface area contributed by atoms with E-state index in [2.05, 4.69) is 21.3 Å². The Morgan fingerprint density at radius 1 is 0.632 bits per heavy atom. The molecule has 0 bridgehead atoms. The fourth-order valence-electron chi connectivity index (χ4n) is 3.25. The van der Waals surface area contributed by atoms with Gasteiger partial charge in [-0.15, -0.1) is 0 Å².